The van der Waals surface area contributed by atoms with Crippen molar-refractivity contribution in [3.63, 3.8) is 0 Å². The number of hydrogen-bond donors (Lipinski definition) is 6. The fourth-order valence-electron chi connectivity index (χ4n) is 3.07. The Morgan fingerprint density at radius 3 is 2.46 bits per heavy atom. The quantitative estimate of drug-likeness (QED) is 0.174. The van der Waals surface area contributed by atoms with Gasteiger partial charge in [-0.15, -0.1) is 0 Å². The monoisotopic (exact) mass is 557 g/mol. The molecular weight excluding hydrogens is 539 g/mol. The lowest BCUT2D eigenvalue weighted by molar-refractivity contribution is -0.0503. The molecule has 0 aromatic carbocycles. The minimum absolute atomic E-state index is 0.0520. The van der Waals surface area contributed by atoms with Crippen molar-refractivity contribution in [1.82, 2.24) is 28.8 Å². The van der Waals surface area contributed by atoms with Crippen LogP contribution in [0.1, 0.15) is 6.23 Å². The molecule has 7 unspecified atom stereocenters. The molecule has 0 bridgehead atoms. The lowest BCUT2D eigenvalue weighted by Gasteiger charge is -2.20. The van der Waals surface area contributed by atoms with Crippen LogP contribution in [0.15, 0.2) is 31.4 Å². The molecule has 0 spiro atoms. The fourth-order valence-corrected chi connectivity index (χ4v) is 6.85. The minimum atomic E-state index is -5.64. The van der Waals surface area contributed by atoms with E-state index in [0.717, 1.165) is 25.0 Å². The largest absolute Gasteiger partial charge is 0.489 e. The smallest absolute Gasteiger partial charge is 0.387 e. The normalized spacial score (nSPS) is 27.9. The molecule has 3 aromatic heterocycles. The maximum Gasteiger partial charge on any atom is 0.489 e. The fraction of sp³-hybridized carbons (Fsp3) is 0.385. The number of hydrogen-bond acceptors (Lipinski definition) is 14. The van der Waals surface area contributed by atoms with Crippen molar-refractivity contribution in [3.8, 4) is 0 Å². The predicted molar refractivity (Wildman–Crippen MR) is 111 cm³/mol. The van der Waals surface area contributed by atoms with Gasteiger partial charge in [0.05, 0.1) is 12.9 Å². The van der Waals surface area contributed by atoms with Crippen LogP contribution in [0.25, 0.3) is 11.2 Å². The molecule has 0 aliphatic carbocycles. The number of aliphatic hydroxyl groups is 2. The molecule has 7 N–H and O–H groups in total. The first-order valence-electron chi connectivity index (χ1n) is 9.29. The summed E-state index contributed by atoms with van der Waals surface area (Å²) >= 11 is 0. The third-order valence-electron chi connectivity index (χ3n) is 4.60. The molecule has 7 atom stereocenters. The second kappa shape index (κ2) is 9.40. The summed E-state index contributed by atoms with van der Waals surface area (Å²) in [5, 5.41) is 20.7. The Kier molecular flexibility index (Phi) is 6.98. The predicted octanol–water partition coefficient (Wildman–Crippen LogP) is -0.877. The molecule has 0 saturated carbocycles. The van der Waals surface area contributed by atoms with Crippen LogP contribution < -0.4 is 5.73 Å². The lowest BCUT2D eigenvalue weighted by Crippen LogP contribution is -2.33. The van der Waals surface area contributed by atoms with Crippen LogP contribution >= 0.6 is 23.4 Å². The summed E-state index contributed by atoms with van der Waals surface area (Å²) in [6.07, 6.45) is -0.817. The Morgan fingerprint density at radius 2 is 1.77 bits per heavy atom. The van der Waals surface area contributed by atoms with E-state index in [2.05, 4.69) is 33.1 Å². The van der Waals surface area contributed by atoms with Crippen molar-refractivity contribution >= 4 is 40.4 Å². The number of phosphoric ester groups is 1. The highest BCUT2D eigenvalue weighted by Crippen LogP contribution is 2.67. The molecule has 1 fully saturated rings. The lowest BCUT2D eigenvalue weighted by atomic mass is 10.1. The van der Waals surface area contributed by atoms with Gasteiger partial charge in [0.15, 0.2) is 17.7 Å². The van der Waals surface area contributed by atoms with Gasteiger partial charge in [-0.3, -0.25) is 9.09 Å². The number of rotatable bonds is 9. The number of nitrogen functional groups attached to an aromatic ring is 1. The summed E-state index contributed by atoms with van der Waals surface area (Å²) in [7, 11) is -16.1. The Labute approximate surface area is 194 Å². The van der Waals surface area contributed by atoms with Crippen LogP contribution in [0.4, 0.5) is 5.82 Å². The molecule has 3 aromatic rings. The summed E-state index contributed by atoms with van der Waals surface area (Å²) in [5.74, 6) is 0.0520. The van der Waals surface area contributed by atoms with Crippen LogP contribution in [0.2, 0.25) is 0 Å². The van der Waals surface area contributed by atoms with Gasteiger partial charge in [0.25, 0.3) is 0 Å². The van der Waals surface area contributed by atoms with Gasteiger partial charge < -0.3 is 35.4 Å². The first kappa shape index (κ1) is 26.0. The third kappa shape index (κ3) is 5.51. The number of ether oxygens (including phenoxy) is 1. The zero-order chi connectivity index (χ0) is 25.6. The van der Waals surface area contributed by atoms with Crippen LogP contribution in [0.3, 0.4) is 0 Å². The summed E-state index contributed by atoms with van der Waals surface area (Å²) in [5.41, 5.74) is 6.06. The third-order valence-corrected chi connectivity index (χ3v) is 9.22. The van der Waals surface area contributed by atoms with Gasteiger partial charge in [-0.25, -0.2) is 38.0 Å². The van der Waals surface area contributed by atoms with Crippen LogP contribution in [-0.4, -0.2) is 78.7 Å². The van der Waals surface area contributed by atoms with Crippen molar-refractivity contribution < 1.29 is 56.5 Å². The second-order valence-corrected chi connectivity index (χ2v) is 11.8. The van der Waals surface area contributed by atoms with Gasteiger partial charge in [-0.1, -0.05) is 0 Å². The molecule has 1 aliphatic heterocycles. The summed E-state index contributed by atoms with van der Waals surface area (Å²) < 4.78 is 56.0. The van der Waals surface area contributed by atoms with Crippen molar-refractivity contribution in [1.29, 1.82) is 0 Å². The van der Waals surface area contributed by atoms with E-state index in [9.17, 15) is 38.6 Å². The van der Waals surface area contributed by atoms with Gasteiger partial charge in [-0.2, -0.15) is 8.62 Å². The second-order valence-electron chi connectivity index (χ2n) is 6.96. The molecule has 0 amide bonds. The molecule has 1 saturated heterocycles. The van der Waals surface area contributed by atoms with Crippen molar-refractivity contribution in [2.24, 2.45) is 0 Å². The van der Waals surface area contributed by atoms with E-state index in [1.54, 1.807) is 0 Å². The Bertz CT molecular complexity index is 1350. The molecular formula is C13H18N7O12P3. The van der Waals surface area contributed by atoms with Crippen LogP contribution in [0.5, 0.6) is 0 Å². The zero-order valence-electron chi connectivity index (χ0n) is 17.1. The van der Waals surface area contributed by atoms with Crippen molar-refractivity contribution in [3.05, 3.63) is 31.4 Å². The topological polar surface area (TPSA) is 277 Å². The molecule has 0 radical (unpaired) electrons. The van der Waals surface area contributed by atoms with E-state index in [1.165, 1.54) is 10.9 Å². The molecule has 4 heterocycles. The van der Waals surface area contributed by atoms with Gasteiger partial charge in [0, 0.05) is 12.4 Å². The van der Waals surface area contributed by atoms with Crippen LogP contribution in [0, 0.1) is 0 Å². The number of nitrogens with zero attached hydrogens (tertiary/aromatic N) is 6. The summed E-state index contributed by atoms with van der Waals surface area (Å²) in [6, 6.07) is 0. The van der Waals surface area contributed by atoms with E-state index < -0.39 is 54.5 Å². The van der Waals surface area contributed by atoms with Crippen LogP contribution in [-0.2, 0) is 31.6 Å². The van der Waals surface area contributed by atoms with Crippen molar-refractivity contribution in [2.45, 2.75) is 24.5 Å². The standard InChI is InChI=1S/C13H18N7O12P3/c14-11-8-12(17-4-16-11)20(6-18-8)13-10(22)9(21)7(30-13)3-29-34(25,26)32-35(27,28)31-33(23,24)19-2-1-15-5-19/h1-2,4-7,9-10,13,21-22H,3H2,(H,23,24)(H,25,26)(H,27,28)(H2,14,16,17). The Hall–Kier alpha value is -2.11. The van der Waals surface area contributed by atoms with E-state index in [0.29, 0.717) is 4.34 Å². The molecule has 35 heavy (non-hydrogen) atoms. The SMILES string of the molecule is Nc1ncnc2c1ncn2C1OC(COP(=O)(O)OP(=O)(O)OP(=O)(O)n2ccnc2)C(O)C1O. The first-order chi connectivity index (χ1) is 16.3. The van der Waals surface area contributed by atoms with E-state index >= 15 is 0 Å². The number of fused-ring (bicyclic) bond motifs is 1. The average molecular weight is 557 g/mol. The van der Waals surface area contributed by atoms with E-state index in [4.69, 9.17) is 10.5 Å². The highest BCUT2D eigenvalue weighted by molar-refractivity contribution is 7.67. The average Bonchev–Trinajstić information content (AvgIpc) is 3.47. The number of aliphatic hydroxyl groups excluding tert-OH is 2. The Balaban J connectivity index is 1.41. The maximum atomic E-state index is 12.1. The van der Waals surface area contributed by atoms with Gasteiger partial charge in [0.2, 0.25) is 0 Å². The summed E-state index contributed by atoms with van der Waals surface area (Å²) in [4.78, 5) is 44.3. The number of imidazole rings is 2. The number of aromatic nitrogens is 6. The summed E-state index contributed by atoms with van der Waals surface area (Å²) in [6.45, 7) is -0.926. The highest BCUT2D eigenvalue weighted by Gasteiger charge is 2.47. The highest BCUT2D eigenvalue weighted by atomic mass is 31.3. The first-order valence-corrected chi connectivity index (χ1v) is 13.8. The molecule has 192 valence electrons. The Morgan fingerprint density at radius 1 is 1.03 bits per heavy atom. The molecule has 19 nitrogen and oxygen atoms in total. The van der Waals surface area contributed by atoms with Gasteiger partial charge >= 0.3 is 23.4 Å². The van der Waals surface area contributed by atoms with E-state index in [-0.39, 0.29) is 17.0 Å². The molecule has 22 heteroatoms. The zero-order valence-corrected chi connectivity index (χ0v) is 19.8. The number of nitrogens with two attached hydrogens (primary N) is 1. The van der Waals surface area contributed by atoms with Gasteiger partial charge in [0.1, 0.15) is 36.5 Å². The molecule has 1 aliphatic rings. The maximum absolute atomic E-state index is 12.1. The number of anilines is 1. The molecule has 4 rings (SSSR count). The van der Waals surface area contributed by atoms with Crippen molar-refractivity contribution in [2.75, 3.05) is 12.3 Å². The van der Waals surface area contributed by atoms with E-state index in [1.807, 2.05) is 0 Å². The van der Waals surface area contributed by atoms with Gasteiger partial charge in [-0.05, 0) is 0 Å². The number of phosphoric acid groups is 2. The minimum Gasteiger partial charge on any atom is -0.387 e.